The van der Waals surface area contributed by atoms with E-state index >= 15 is 0 Å². The summed E-state index contributed by atoms with van der Waals surface area (Å²) in [6, 6.07) is 9.98. The van der Waals surface area contributed by atoms with E-state index in [1.54, 1.807) is 6.92 Å². The number of rotatable bonds is 6. The first-order valence-corrected chi connectivity index (χ1v) is 8.80. The Morgan fingerprint density at radius 3 is 2.56 bits per heavy atom. The molecule has 1 N–H and O–H groups in total. The van der Waals surface area contributed by atoms with Crippen molar-refractivity contribution in [1.82, 2.24) is 0 Å². The first-order chi connectivity index (χ1) is 11.7. The maximum atomic E-state index is 12.4. The predicted molar refractivity (Wildman–Crippen MR) is 91.9 cm³/mol. The van der Waals surface area contributed by atoms with Crippen LogP contribution in [-0.2, 0) is 20.5 Å². The van der Waals surface area contributed by atoms with Gasteiger partial charge in [-0.1, -0.05) is 18.2 Å². The van der Waals surface area contributed by atoms with Gasteiger partial charge in [0.05, 0.1) is 29.0 Å². The largest absolute Gasteiger partial charge is 0.465 e. The number of anilines is 1. The van der Waals surface area contributed by atoms with E-state index in [9.17, 15) is 23.3 Å². The molecule has 2 rings (SSSR count). The number of carbonyl (C=O) groups excluding carboxylic acids is 1. The number of nitrogens with zero attached hydrogens (tertiary/aromatic N) is 1. The van der Waals surface area contributed by atoms with Crippen LogP contribution in [0.25, 0.3) is 0 Å². The second-order valence-corrected chi connectivity index (χ2v) is 6.98. The number of sulfonamides is 1. The van der Waals surface area contributed by atoms with Crippen molar-refractivity contribution in [3.63, 3.8) is 0 Å². The Labute approximate surface area is 144 Å². The van der Waals surface area contributed by atoms with Crippen LogP contribution >= 0.6 is 0 Å². The van der Waals surface area contributed by atoms with Crippen molar-refractivity contribution < 1.29 is 22.9 Å². The SMILES string of the molecule is COC(=O)c1cccc(NS(=O)(=O)Cc2cccc([N+](=O)[O-])c2)c1C. The van der Waals surface area contributed by atoms with E-state index in [-0.39, 0.29) is 22.5 Å². The number of methoxy groups -OCH3 is 1. The van der Waals surface area contributed by atoms with Crippen LogP contribution in [0.15, 0.2) is 42.5 Å². The van der Waals surface area contributed by atoms with E-state index in [2.05, 4.69) is 9.46 Å². The Hall–Kier alpha value is -2.94. The summed E-state index contributed by atoms with van der Waals surface area (Å²) in [6.07, 6.45) is 0. The lowest BCUT2D eigenvalue weighted by molar-refractivity contribution is -0.384. The minimum atomic E-state index is -3.83. The number of nitro benzene ring substituents is 1. The molecule has 2 aromatic carbocycles. The Kier molecular flexibility index (Phi) is 5.38. The molecule has 0 heterocycles. The fourth-order valence-electron chi connectivity index (χ4n) is 2.26. The highest BCUT2D eigenvalue weighted by molar-refractivity contribution is 7.91. The number of esters is 1. The van der Waals surface area contributed by atoms with E-state index in [0.717, 1.165) is 0 Å². The van der Waals surface area contributed by atoms with E-state index < -0.39 is 26.7 Å². The summed E-state index contributed by atoms with van der Waals surface area (Å²) in [5, 5.41) is 10.8. The van der Waals surface area contributed by atoms with Crippen LogP contribution in [0.3, 0.4) is 0 Å². The van der Waals surface area contributed by atoms with E-state index in [1.165, 1.54) is 49.6 Å². The average molecular weight is 364 g/mol. The maximum Gasteiger partial charge on any atom is 0.338 e. The molecule has 9 heteroatoms. The van der Waals surface area contributed by atoms with Crippen LogP contribution < -0.4 is 4.72 Å². The summed E-state index contributed by atoms with van der Waals surface area (Å²) in [6.45, 7) is 1.59. The molecule has 132 valence electrons. The minimum Gasteiger partial charge on any atom is -0.465 e. The molecule has 0 atom stereocenters. The molecule has 0 aliphatic carbocycles. The van der Waals surface area contributed by atoms with Gasteiger partial charge >= 0.3 is 5.97 Å². The molecule has 0 spiro atoms. The van der Waals surface area contributed by atoms with Gasteiger partial charge in [-0.2, -0.15) is 0 Å². The molecular weight excluding hydrogens is 348 g/mol. The van der Waals surface area contributed by atoms with Crippen molar-refractivity contribution >= 4 is 27.4 Å². The van der Waals surface area contributed by atoms with Crippen LogP contribution in [0.2, 0.25) is 0 Å². The third-order valence-corrected chi connectivity index (χ3v) is 4.73. The molecule has 0 bridgehead atoms. The van der Waals surface area contributed by atoms with E-state index in [1.807, 2.05) is 0 Å². The zero-order valence-electron chi connectivity index (χ0n) is 13.6. The summed E-state index contributed by atoms with van der Waals surface area (Å²) in [5.74, 6) is -1.01. The highest BCUT2D eigenvalue weighted by atomic mass is 32.2. The topological polar surface area (TPSA) is 116 Å². The van der Waals surface area contributed by atoms with Crippen LogP contribution in [-0.4, -0.2) is 26.4 Å². The second-order valence-electron chi connectivity index (χ2n) is 5.26. The highest BCUT2D eigenvalue weighted by Gasteiger charge is 2.18. The molecule has 0 unspecified atom stereocenters. The fraction of sp³-hybridized carbons (Fsp3) is 0.188. The first-order valence-electron chi connectivity index (χ1n) is 7.15. The molecule has 0 amide bonds. The molecule has 0 aliphatic heterocycles. The zero-order valence-corrected chi connectivity index (χ0v) is 14.4. The number of non-ortho nitro benzene ring substituents is 1. The summed E-state index contributed by atoms with van der Waals surface area (Å²) >= 11 is 0. The van der Waals surface area contributed by atoms with Crippen LogP contribution in [0.4, 0.5) is 11.4 Å². The number of carbonyl (C=O) groups is 1. The third kappa shape index (κ3) is 4.54. The van der Waals surface area contributed by atoms with Gasteiger partial charge in [0.2, 0.25) is 10.0 Å². The van der Waals surface area contributed by atoms with Crippen molar-refractivity contribution in [2.45, 2.75) is 12.7 Å². The van der Waals surface area contributed by atoms with Gasteiger partial charge in [-0.3, -0.25) is 14.8 Å². The highest BCUT2D eigenvalue weighted by Crippen LogP contribution is 2.22. The summed E-state index contributed by atoms with van der Waals surface area (Å²) < 4.78 is 31.8. The smallest absolute Gasteiger partial charge is 0.338 e. The quantitative estimate of drug-likeness (QED) is 0.478. The lowest BCUT2D eigenvalue weighted by atomic mass is 10.1. The summed E-state index contributed by atoms with van der Waals surface area (Å²) in [4.78, 5) is 21.9. The standard InChI is InChI=1S/C16H16N2O6S/c1-11-14(16(19)24-2)7-4-8-15(11)17-25(22,23)10-12-5-3-6-13(9-12)18(20)21/h3-9,17H,10H2,1-2H3. The molecule has 8 nitrogen and oxygen atoms in total. The van der Waals surface area contributed by atoms with Crippen molar-refractivity contribution in [3.05, 3.63) is 69.3 Å². The molecular formula is C16H16N2O6S. The number of hydrogen-bond donors (Lipinski definition) is 1. The van der Waals surface area contributed by atoms with Gasteiger partial charge < -0.3 is 4.74 Å². The molecule has 0 aromatic heterocycles. The number of benzene rings is 2. The summed E-state index contributed by atoms with van der Waals surface area (Å²) in [7, 11) is -2.59. The number of nitrogens with one attached hydrogen (secondary N) is 1. The third-order valence-electron chi connectivity index (χ3n) is 3.48. The van der Waals surface area contributed by atoms with Gasteiger partial charge in [-0.25, -0.2) is 13.2 Å². The van der Waals surface area contributed by atoms with Gasteiger partial charge in [-0.05, 0) is 30.2 Å². The molecule has 25 heavy (non-hydrogen) atoms. The van der Waals surface area contributed by atoms with Crippen molar-refractivity contribution in [1.29, 1.82) is 0 Å². The molecule has 0 radical (unpaired) electrons. The number of ether oxygens (including phenoxy) is 1. The molecule has 0 saturated heterocycles. The lowest BCUT2D eigenvalue weighted by Crippen LogP contribution is -2.17. The Morgan fingerprint density at radius 1 is 1.24 bits per heavy atom. The van der Waals surface area contributed by atoms with Crippen molar-refractivity contribution in [2.75, 3.05) is 11.8 Å². The van der Waals surface area contributed by atoms with Gasteiger partial charge in [0.25, 0.3) is 5.69 Å². The van der Waals surface area contributed by atoms with Crippen LogP contribution in [0, 0.1) is 17.0 Å². The minimum absolute atomic E-state index is 0.184. The van der Waals surface area contributed by atoms with Gasteiger partial charge in [0.1, 0.15) is 0 Å². The fourth-order valence-corrected chi connectivity index (χ4v) is 3.51. The Bertz CT molecular complexity index is 924. The number of nitro groups is 1. The molecule has 0 saturated carbocycles. The summed E-state index contributed by atoms with van der Waals surface area (Å²) in [5.41, 5.74) is 1.02. The molecule has 0 aliphatic rings. The normalized spacial score (nSPS) is 11.0. The van der Waals surface area contributed by atoms with Crippen molar-refractivity contribution in [2.24, 2.45) is 0 Å². The van der Waals surface area contributed by atoms with Gasteiger partial charge in [-0.15, -0.1) is 0 Å². The monoisotopic (exact) mass is 364 g/mol. The zero-order chi connectivity index (χ0) is 18.6. The van der Waals surface area contributed by atoms with Crippen molar-refractivity contribution in [3.8, 4) is 0 Å². The van der Waals surface area contributed by atoms with E-state index in [0.29, 0.717) is 5.56 Å². The predicted octanol–water partition coefficient (Wildman–Crippen LogP) is 2.63. The van der Waals surface area contributed by atoms with Gasteiger partial charge in [0.15, 0.2) is 0 Å². The molecule has 0 fully saturated rings. The van der Waals surface area contributed by atoms with Crippen LogP contribution in [0.1, 0.15) is 21.5 Å². The first kappa shape index (κ1) is 18.4. The Morgan fingerprint density at radius 2 is 1.92 bits per heavy atom. The van der Waals surface area contributed by atoms with Gasteiger partial charge in [0, 0.05) is 12.1 Å². The van der Waals surface area contributed by atoms with Crippen LogP contribution in [0.5, 0.6) is 0 Å². The number of hydrogen-bond acceptors (Lipinski definition) is 6. The molecule has 2 aromatic rings. The van der Waals surface area contributed by atoms with E-state index in [4.69, 9.17) is 0 Å². The second kappa shape index (κ2) is 7.31. The average Bonchev–Trinajstić information content (AvgIpc) is 2.55. The lowest BCUT2D eigenvalue weighted by Gasteiger charge is -2.13. The Balaban J connectivity index is 2.26. The maximum absolute atomic E-state index is 12.4.